The number of H-pyrrole nitrogens is 1. The van der Waals surface area contributed by atoms with Gasteiger partial charge in [0.1, 0.15) is 5.82 Å². The Labute approximate surface area is 185 Å². The topological polar surface area (TPSA) is 98.0 Å². The van der Waals surface area contributed by atoms with Crippen molar-refractivity contribution in [2.75, 3.05) is 37.3 Å². The van der Waals surface area contributed by atoms with Crippen molar-refractivity contribution in [3.8, 4) is 0 Å². The molecule has 0 radical (unpaired) electrons. The van der Waals surface area contributed by atoms with Gasteiger partial charge in [0.15, 0.2) is 5.82 Å². The van der Waals surface area contributed by atoms with E-state index in [0.29, 0.717) is 29.5 Å². The summed E-state index contributed by atoms with van der Waals surface area (Å²) in [5.41, 5.74) is 4.22. The number of aromatic amines is 1. The molecule has 1 amide bonds. The summed E-state index contributed by atoms with van der Waals surface area (Å²) in [4.78, 5) is 18.6. The van der Waals surface area contributed by atoms with Gasteiger partial charge >= 0.3 is 0 Å². The molecule has 8 nitrogen and oxygen atoms in total. The lowest BCUT2D eigenvalue weighted by atomic mass is 9.94. The molecule has 1 saturated heterocycles. The van der Waals surface area contributed by atoms with Crippen molar-refractivity contribution in [1.82, 2.24) is 25.4 Å². The molecule has 0 aliphatic carbocycles. The Morgan fingerprint density at radius 1 is 1.16 bits per heavy atom. The van der Waals surface area contributed by atoms with Crippen molar-refractivity contribution in [2.45, 2.75) is 25.2 Å². The second-order valence-corrected chi connectivity index (χ2v) is 8.32. The van der Waals surface area contributed by atoms with Crippen LogP contribution in [0.2, 0.25) is 0 Å². The van der Waals surface area contributed by atoms with Gasteiger partial charge in [-0.15, -0.1) is 0 Å². The van der Waals surface area contributed by atoms with Crippen LogP contribution in [0.5, 0.6) is 0 Å². The Hall–Kier alpha value is -3.46. The van der Waals surface area contributed by atoms with Gasteiger partial charge in [-0.1, -0.05) is 12.1 Å². The molecule has 5 rings (SSSR count). The molecule has 2 aliphatic rings. The number of nitrogens with zero attached hydrogens (tertiary/aromatic N) is 3. The smallest absolute Gasteiger partial charge is 0.255 e. The maximum atomic E-state index is 14.6. The number of likely N-dealkylation sites (N-methyl/N-ethyl adjacent to an activating group) is 1. The summed E-state index contributed by atoms with van der Waals surface area (Å²) < 4.78 is 14.6. The Bertz CT molecular complexity index is 1140. The molecule has 1 fully saturated rings. The van der Waals surface area contributed by atoms with E-state index in [1.807, 2.05) is 12.1 Å². The molecular formula is C23H26FN7O. The van der Waals surface area contributed by atoms with Crippen LogP contribution in [0.1, 0.15) is 40.4 Å². The fraction of sp³-hybridized carbons (Fsp3) is 0.348. The van der Waals surface area contributed by atoms with E-state index in [1.54, 1.807) is 30.3 Å². The molecule has 32 heavy (non-hydrogen) atoms. The van der Waals surface area contributed by atoms with Crippen molar-refractivity contribution in [1.29, 1.82) is 0 Å². The number of hydrogen-bond donors (Lipinski definition) is 4. The molecule has 0 unspecified atom stereocenters. The van der Waals surface area contributed by atoms with Gasteiger partial charge in [-0.05, 0) is 44.0 Å². The third-order valence-electron chi connectivity index (χ3n) is 6.21. The number of anilines is 4. The molecule has 1 aromatic carbocycles. The second kappa shape index (κ2) is 8.58. The number of carbonyl (C=O) groups is 1. The van der Waals surface area contributed by atoms with Crippen molar-refractivity contribution < 1.29 is 9.18 Å². The zero-order valence-corrected chi connectivity index (χ0v) is 17.9. The zero-order valence-electron chi connectivity index (χ0n) is 17.9. The fourth-order valence-electron chi connectivity index (χ4n) is 4.44. The minimum Gasteiger partial charge on any atom is -0.352 e. The van der Waals surface area contributed by atoms with E-state index < -0.39 is 5.82 Å². The average Bonchev–Trinajstić information content (AvgIpc) is 3.27. The van der Waals surface area contributed by atoms with Crippen LogP contribution < -0.4 is 16.0 Å². The summed E-state index contributed by atoms with van der Waals surface area (Å²) in [7, 11) is 1.78. The molecule has 2 aliphatic heterocycles. The van der Waals surface area contributed by atoms with Crippen molar-refractivity contribution >= 4 is 28.8 Å². The van der Waals surface area contributed by atoms with Gasteiger partial charge in [0, 0.05) is 31.8 Å². The number of piperidine rings is 1. The van der Waals surface area contributed by atoms with Crippen LogP contribution in [-0.2, 0) is 6.42 Å². The Morgan fingerprint density at radius 3 is 2.84 bits per heavy atom. The molecule has 3 aromatic rings. The molecule has 166 valence electrons. The number of amides is 1. The van der Waals surface area contributed by atoms with E-state index in [9.17, 15) is 9.18 Å². The van der Waals surface area contributed by atoms with Crippen LogP contribution in [0.25, 0.3) is 0 Å². The number of rotatable bonds is 5. The monoisotopic (exact) mass is 435 g/mol. The van der Waals surface area contributed by atoms with Crippen LogP contribution in [0.3, 0.4) is 0 Å². The van der Waals surface area contributed by atoms with Gasteiger partial charge in [0.25, 0.3) is 5.91 Å². The molecule has 0 atom stereocenters. The number of hydrogen-bond acceptors (Lipinski definition) is 6. The van der Waals surface area contributed by atoms with E-state index in [-0.39, 0.29) is 11.6 Å². The summed E-state index contributed by atoms with van der Waals surface area (Å²) >= 11 is 0. The predicted molar refractivity (Wildman–Crippen MR) is 121 cm³/mol. The van der Waals surface area contributed by atoms with Gasteiger partial charge in [0.05, 0.1) is 34.5 Å². The summed E-state index contributed by atoms with van der Waals surface area (Å²) in [5.74, 6) is 0.309. The predicted octanol–water partition coefficient (Wildman–Crippen LogP) is 3.53. The van der Waals surface area contributed by atoms with Gasteiger partial charge in [-0.2, -0.15) is 5.10 Å². The summed E-state index contributed by atoms with van der Waals surface area (Å²) in [6.45, 7) is 2.61. The minimum atomic E-state index is -0.490. The molecule has 0 bridgehead atoms. The lowest BCUT2D eigenvalue weighted by molar-refractivity contribution is 0.0782. The lowest BCUT2D eigenvalue weighted by Crippen LogP contribution is -2.34. The van der Waals surface area contributed by atoms with E-state index >= 15 is 0 Å². The third-order valence-corrected chi connectivity index (χ3v) is 6.21. The fourth-order valence-corrected chi connectivity index (χ4v) is 4.44. The summed E-state index contributed by atoms with van der Waals surface area (Å²) in [5, 5.41) is 17.1. The largest absolute Gasteiger partial charge is 0.352 e. The Balaban J connectivity index is 1.41. The van der Waals surface area contributed by atoms with Crippen LogP contribution in [0.15, 0.2) is 36.7 Å². The number of halogens is 1. The highest BCUT2D eigenvalue weighted by Crippen LogP contribution is 2.33. The Morgan fingerprint density at radius 2 is 2.00 bits per heavy atom. The third kappa shape index (κ3) is 3.91. The van der Waals surface area contributed by atoms with Gasteiger partial charge < -0.3 is 20.9 Å². The maximum Gasteiger partial charge on any atom is 0.255 e. The molecule has 0 saturated carbocycles. The van der Waals surface area contributed by atoms with Crippen molar-refractivity contribution in [2.24, 2.45) is 0 Å². The highest BCUT2D eigenvalue weighted by molar-refractivity contribution is 6.02. The molecule has 9 heteroatoms. The van der Waals surface area contributed by atoms with Gasteiger partial charge in [-0.3, -0.25) is 9.89 Å². The molecule has 4 N–H and O–H groups in total. The van der Waals surface area contributed by atoms with Crippen LogP contribution in [0, 0.1) is 5.82 Å². The quantitative estimate of drug-likeness (QED) is 0.490. The highest BCUT2D eigenvalue weighted by atomic mass is 19.1. The summed E-state index contributed by atoms with van der Waals surface area (Å²) in [6.07, 6.45) is 5.80. The number of nitrogens with one attached hydrogen (secondary N) is 4. The number of carbonyl (C=O) groups excluding carboxylic acids is 1. The van der Waals surface area contributed by atoms with E-state index in [1.165, 1.54) is 6.20 Å². The number of aromatic nitrogens is 3. The first-order valence-electron chi connectivity index (χ1n) is 10.9. The zero-order chi connectivity index (χ0) is 22.1. The molecule has 2 aromatic heterocycles. The summed E-state index contributed by atoms with van der Waals surface area (Å²) in [6, 6.07) is 7.25. The van der Waals surface area contributed by atoms with Crippen LogP contribution >= 0.6 is 0 Å². The van der Waals surface area contributed by atoms with Crippen molar-refractivity contribution in [3.63, 3.8) is 0 Å². The first-order chi connectivity index (χ1) is 15.6. The molecule has 4 heterocycles. The first kappa shape index (κ1) is 20.4. The van der Waals surface area contributed by atoms with Gasteiger partial charge in [-0.25, -0.2) is 9.37 Å². The van der Waals surface area contributed by atoms with Crippen molar-refractivity contribution in [3.05, 3.63) is 59.3 Å². The van der Waals surface area contributed by atoms with E-state index in [2.05, 4.69) is 31.1 Å². The molecular weight excluding hydrogens is 409 g/mol. The van der Waals surface area contributed by atoms with Crippen LogP contribution in [-0.4, -0.2) is 52.7 Å². The number of fused-ring (bicyclic) bond motifs is 1. The standard InChI is InChI=1S/C23H26FN7O/c1-31-10-7-14-3-2-4-17(21(14)23(31)32)28-18-11-20(26-12-16(18)24)29-19-13-27-30-22(19)15-5-8-25-9-6-15/h2-4,11-13,15,25H,5-10H2,1H3,(H,27,30)(H2,26,28,29). The van der Waals surface area contributed by atoms with Crippen LogP contribution in [0.4, 0.5) is 27.3 Å². The van der Waals surface area contributed by atoms with E-state index in [0.717, 1.165) is 49.3 Å². The Kier molecular flexibility index (Phi) is 5.48. The molecule has 0 spiro atoms. The number of benzene rings is 1. The normalized spacial score (nSPS) is 16.7. The lowest BCUT2D eigenvalue weighted by Gasteiger charge is -2.27. The number of pyridine rings is 1. The SMILES string of the molecule is CN1CCc2cccc(Nc3cc(Nc4c[nH]nc4C4CCNCC4)ncc3F)c2C1=O. The average molecular weight is 436 g/mol. The second-order valence-electron chi connectivity index (χ2n) is 8.32. The maximum absolute atomic E-state index is 14.6. The minimum absolute atomic E-state index is 0.0628. The van der Waals surface area contributed by atoms with Gasteiger partial charge in [0.2, 0.25) is 0 Å². The first-order valence-corrected chi connectivity index (χ1v) is 10.9. The highest BCUT2D eigenvalue weighted by Gasteiger charge is 2.25. The van der Waals surface area contributed by atoms with E-state index in [4.69, 9.17) is 0 Å².